The molecule has 0 radical (unpaired) electrons. The normalized spacial score (nSPS) is 9.12. The molecule has 1 aromatic rings. The van der Waals surface area contributed by atoms with Gasteiger partial charge in [0.1, 0.15) is 4.88 Å². The molecule has 0 saturated heterocycles. The van der Waals surface area contributed by atoms with Crippen LogP contribution in [0.3, 0.4) is 0 Å². The van der Waals surface area contributed by atoms with Crippen molar-refractivity contribution in [2.75, 3.05) is 0 Å². The number of rotatable bonds is 1. The van der Waals surface area contributed by atoms with E-state index in [0.29, 0.717) is 4.88 Å². The minimum absolute atomic E-state index is 0.437. The molecule has 4 heteroatoms. The molecule has 0 aromatic carbocycles. The van der Waals surface area contributed by atoms with Gasteiger partial charge in [0.05, 0.1) is 5.51 Å². The second kappa shape index (κ2) is 2.24. The molecule has 0 aliphatic rings. The Kier molecular flexibility index (Phi) is 1.60. The summed E-state index contributed by atoms with van der Waals surface area (Å²) in [6.07, 6.45) is 1.44. The molecule has 2 nitrogen and oxygen atoms in total. The predicted molar refractivity (Wildman–Crippen MR) is 32.3 cm³/mol. The molecule has 0 amide bonds. The fraction of sp³-hybridized carbons (Fsp3) is 0. The van der Waals surface area contributed by atoms with Gasteiger partial charge < -0.3 is 0 Å². The second-order valence-electron chi connectivity index (χ2n) is 1.14. The fourth-order valence-corrected chi connectivity index (χ4v) is 0.945. The molecule has 0 saturated carbocycles. The third kappa shape index (κ3) is 1.05. The van der Waals surface area contributed by atoms with Gasteiger partial charge in [-0.2, -0.15) is 0 Å². The lowest BCUT2D eigenvalue weighted by molar-refractivity contribution is 0.108. The zero-order valence-corrected chi connectivity index (χ0v) is 5.37. The number of hydrogen-bond acceptors (Lipinski definition) is 3. The van der Waals surface area contributed by atoms with E-state index in [4.69, 9.17) is 11.6 Å². The van der Waals surface area contributed by atoms with Crippen LogP contribution in [-0.2, 0) is 0 Å². The van der Waals surface area contributed by atoms with E-state index in [1.807, 2.05) is 0 Å². The number of halogens is 1. The highest BCUT2D eigenvalue weighted by molar-refractivity contribution is 7.13. The molecule has 1 heterocycles. The molecule has 0 N–H and O–H groups in total. The summed E-state index contributed by atoms with van der Waals surface area (Å²) < 4.78 is 0. The summed E-state index contributed by atoms with van der Waals surface area (Å²) in [5.74, 6) is 0. The van der Waals surface area contributed by atoms with Crippen molar-refractivity contribution in [1.82, 2.24) is 4.98 Å². The van der Waals surface area contributed by atoms with Gasteiger partial charge in [-0.15, -0.1) is 11.3 Å². The van der Waals surface area contributed by atoms with Crippen molar-refractivity contribution in [3.63, 3.8) is 0 Å². The number of hydrogen-bond donors (Lipinski definition) is 0. The largest absolute Gasteiger partial charge is 0.275 e. The first-order valence-corrected chi connectivity index (χ1v) is 3.15. The number of nitrogens with zero attached hydrogens (tertiary/aromatic N) is 1. The summed E-state index contributed by atoms with van der Waals surface area (Å²) >= 11 is 6.31. The average molecular weight is 148 g/mol. The Labute approximate surface area is 55.1 Å². The van der Waals surface area contributed by atoms with Crippen molar-refractivity contribution in [2.24, 2.45) is 0 Å². The van der Waals surface area contributed by atoms with E-state index in [1.54, 1.807) is 5.51 Å². The van der Waals surface area contributed by atoms with Gasteiger partial charge in [-0.05, 0) is 11.6 Å². The lowest BCUT2D eigenvalue weighted by Crippen LogP contribution is -1.78. The number of aromatic nitrogens is 1. The van der Waals surface area contributed by atoms with Crippen LogP contribution >= 0.6 is 22.9 Å². The van der Waals surface area contributed by atoms with Gasteiger partial charge in [0.25, 0.3) is 5.24 Å². The number of thiazole rings is 1. The summed E-state index contributed by atoms with van der Waals surface area (Å²) in [5.41, 5.74) is 1.57. The van der Waals surface area contributed by atoms with Gasteiger partial charge in [0.15, 0.2) is 0 Å². The lowest BCUT2D eigenvalue weighted by Gasteiger charge is -1.74. The molecule has 0 bridgehead atoms. The van der Waals surface area contributed by atoms with Gasteiger partial charge in [-0.25, -0.2) is 0 Å². The molecule has 0 spiro atoms. The van der Waals surface area contributed by atoms with E-state index in [-0.39, 0.29) is 0 Å². The van der Waals surface area contributed by atoms with Crippen molar-refractivity contribution in [2.45, 2.75) is 0 Å². The molecule has 8 heavy (non-hydrogen) atoms. The van der Waals surface area contributed by atoms with Gasteiger partial charge >= 0.3 is 0 Å². The van der Waals surface area contributed by atoms with Crippen LogP contribution in [0, 0.1) is 0 Å². The smallest absolute Gasteiger partial charge is 0.264 e. The Balaban J connectivity index is 2.93. The van der Waals surface area contributed by atoms with E-state index in [0.717, 1.165) is 0 Å². The maximum absolute atomic E-state index is 10.2. The molecule has 0 aliphatic carbocycles. The van der Waals surface area contributed by atoms with Crippen LogP contribution in [0.25, 0.3) is 0 Å². The highest BCUT2D eigenvalue weighted by atomic mass is 35.5. The zero-order chi connectivity index (χ0) is 5.98. The van der Waals surface area contributed by atoms with Crippen LogP contribution in [0.2, 0.25) is 0 Å². The average Bonchev–Trinajstić information content (AvgIpc) is 2.12. The van der Waals surface area contributed by atoms with Crippen LogP contribution in [0.1, 0.15) is 9.67 Å². The molecule has 1 aromatic heterocycles. The fourth-order valence-electron chi connectivity index (χ4n) is 0.313. The summed E-state index contributed by atoms with van der Waals surface area (Å²) in [7, 11) is 0. The van der Waals surface area contributed by atoms with Crippen molar-refractivity contribution in [3.05, 3.63) is 16.6 Å². The lowest BCUT2D eigenvalue weighted by atomic mass is 10.6. The quantitative estimate of drug-likeness (QED) is 0.564. The van der Waals surface area contributed by atoms with E-state index >= 15 is 0 Å². The molecule has 0 fully saturated rings. The Morgan fingerprint density at radius 1 is 1.88 bits per heavy atom. The van der Waals surface area contributed by atoms with Gasteiger partial charge in [0, 0.05) is 6.20 Å². The zero-order valence-electron chi connectivity index (χ0n) is 3.80. The summed E-state index contributed by atoms with van der Waals surface area (Å²) in [6, 6.07) is 0. The molecule has 0 aliphatic heterocycles. The van der Waals surface area contributed by atoms with Crippen LogP contribution < -0.4 is 0 Å². The molecule has 1 rings (SSSR count). The summed E-state index contributed by atoms with van der Waals surface area (Å²) in [4.78, 5) is 14.4. The third-order valence-electron chi connectivity index (χ3n) is 0.626. The van der Waals surface area contributed by atoms with E-state index < -0.39 is 5.24 Å². The molecule has 0 atom stereocenters. The van der Waals surface area contributed by atoms with Crippen LogP contribution in [-0.4, -0.2) is 10.2 Å². The molecule has 42 valence electrons. The van der Waals surface area contributed by atoms with Gasteiger partial charge in [-0.3, -0.25) is 9.78 Å². The Morgan fingerprint density at radius 2 is 2.62 bits per heavy atom. The number of carbonyl (C=O) groups excluding carboxylic acids is 1. The van der Waals surface area contributed by atoms with Crippen molar-refractivity contribution in [3.8, 4) is 0 Å². The van der Waals surface area contributed by atoms with Crippen LogP contribution in [0.15, 0.2) is 11.7 Å². The van der Waals surface area contributed by atoms with E-state index in [9.17, 15) is 4.79 Å². The second-order valence-corrected chi connectivity index (χ2v) is 2.37. The molecular formula is C4H2ClNOS. The topological polar surface area (TPSA) is 30.0 Å². The SMILES string of the molecule is O=C(Cl)c1cncs1. The van der Waals surface area contributed by atoms with Gasteiger partial charge in [0.2, 0.25) is 0 Å². The molecular weight excluding hydrogens is 146 g/mol. The highest BCUT2D eigenvalue weighted by Crippen LogP contribution is 2.07. The van der Waals surface area contributed by atoms with E-state index in [2.05, 4.69) is 4.98 Å². The predicted octanol–water partition coefficient (Wildman–Crippen LogP) is 1.52. The maximum Gasteiger partial charge on any atom is 0.264 e. The first-order valence-electron chi connectivity index (χ1n) is 1.89. The monoisotopic (exact) mass is 147 g/mol. The third-order valence-corrected chi connectivity index (χ3v) is 1.71. The Morgan fingerprint density at radius 3 is 2.88 bits per heavy atom. The Hall–Kier alpha value is -0.410. The highest BCUT2D eigenvalue weighted by Gasteiger charge is 1.99. The summed E-state index contributed by atoms with van der Waals surface area (Å²) in [5, 5.41) is -0.437. The first-order chi connectivity index (χ1) is 3.80. The van der Waals surface area contributed by atoms with Crippen LogP contribution in [0.5, 0.6) is 0 Å². The summed E-state index contributed by atoms with van der Waals surface area (Å²) in [6.45, 7) is 0. The van der Waals surface area contributed by atoms with Gasteiger partial charge in [-0.1, -0.05) is 0 Å². The van der Waals surface area contributed by atoms with Crippen molar-refractivity contribution >= 4 is 28.2 Å². The minimum atomic E-state index is -0.437. The van der Waals surface area contributed by atoms with E-state index in [1.165, 1.54) is 17.5 Å². The van der Waals surface area contributed by atoms with Crippen molar-refractivity contribution in [1.29, 1.82) is 0 Å². The standard InChI is InChI=1S/C4H2ClNOS/c5-4(7)3-1-6-2-8-3/h1-2H. The Bertz CT molecular complexity index is 184. The maximum atomic E-state index is 10.2. The van der Waals surface area contributed by atoms with Crippen LogP contribution in [0.4, 0.5) is 0 Å². The molecule has 0 unspecified atom stereocenters. The van der Waals surface area contributed by atoms with Crippen molar-refractivity contribution < 1.29 is 4.79 Å². The first kappa shape index (κ1) is 5.72. The number of carbonyl (C=O) groups is 1. The minimum Gasteiger partial charge on any atom is -0.275 e.